The summed E-state index contributed by atoms with van der Waals surface area (Å²) in [5.41, 5.74) is -0.0774. The van der Waals surface area contributed by atoms with E-state index in [9.17, 15) is 8.42 Å². The summed E-state index contributed by atoms with van der Waals surface area (Å²) in [6, 6.07) is 0.409. The van der Waals surface area contributed by atoms with Crippen LogP contribution in [0, 0.1) is 0 Å². The zero-order valence-corrected chi connectivity index (χ0v) is 12.4. The zero-order chi connectivity index (χ0) is 13.5. The van der Waals surface area contributed by atoms with Gasteiger partial charge in [-0.3, -0.25) is 0 Å². The first kappa shape index (κ1) is 13.8. The normalized spacial score (nSPS) is 31.8. The van der Waals surface area contributed by atoms with E-state index in [0.29, 0.717) is 6.61 Å². The lowest BCUT2D eigenvalue weighted by Crippen LogP contribution is -2.54. The maximum atomic E-state index is 12.1. The van der Waals surface area contributed by atoms with Crippen molar-refractivity contribution in [3.63, 3.8) is 0 Å². The highest BCUT2D eigenvalue weighted by atomic mass is 32.2. The van der Waals surface area contributed by atoms with Crippen LogP contribution >= 0.6 is 0 Å². The fourth-order valence-electron chi connectivity index (χ4n) is 3.62. The number of nitrogens with zero attached hydrogens (tertiary/aromatic N) is 1. The third-order valence-corrected chi connectivity index (χ3v) is 5.99. The Balaban J connectivity index is 1.76. The molecule has 2 heterocycles. The van der Waals surface area contributed by atoms with Gasteiger partial charge in [0.25, 0.3) is 0 Å². The minimum Gasteiger partial charge on any atom is -0.375 e. The molecule has 1 saturated carbocycles. The van der Waals surface area contributed by atoms with Crippen molar-refractivity contribution in [2.24, 2.45) is 0 Å². The number of piperidine rings is 1. The largest absolute Gasteiger partial charge is 0.375 e. The minimum absolute atomic E-state index is 0.0774. The second-order valence-electron chi connectivity index (χ2n) is 6.25. The molecule has 2 aliphatic heterocycles. The Morgan fingerprint density at radius 3 is 2.42 bits per heavy atom. The second-order valence-corrected chi connectivity index (χ2v) is 8.14. The average Bonchev–Trinajstić information content (AvgIpc) is 3.13. The maximum Gasteiger partial charge on any atom is 0.211 e. The van der Waals surface area contributed by atoms with Gasteiger partial charge in [-0.1, -0.05) is 0 Å². The number of rotatable bonds is 3. The molecule has 0 aromatic rings. The van der Waals surface area contributed by atoms with Crippen molar-refractivity contribution in [2.75, 3.05) is 26.0 Å². The molecule has 19 heavy (non-hydrogen) atoms. The molecule has 1 spiro atoms. The number of sulfonamides is 1. The Kier molecular flexibility index (Phi) is 3.62. The van der Waals surface area contributed by atoms with E-state index in [1.165, 1.54) is 6.26 Å². The summed E-state index contributed by atoms with van der Waals surface area (Å²) in [5, 5.41) is 3.35. The van der Waals surface area contributed by atoms with Crippen LogP contribution in [-0.4, -0.2) is 56.4 Å². The lowest BCUT2D eigenvalue weighted by molar-refractivity contribution is -0.113. The molecule has 0 amide bonds. The molecule has 1 N–H and O–H groups in total. The van der Waals surface area contributed by atoms with Crippen LogP contribution in [0.1, 0.15) is 38.5 Å². The van der Waals surface area contributed by atoms with Crippen molar-refractivity contribution in [2.45, 2.75) is 56.2 Å². The smallest absolute Gasteiger partial charge is 0.211 e. The molecule has 2 saturated heterocycles. The molecule has 5 nitrogen and oxygen atoms in total. The van der Waals surface area contributed by atoms with Crippen LogP contribution < -0.4 is 5.32 Å². The fourth-order valence-corrected chi connectivity index (χ4v) is 5.09. The SMILES string of the molecule is CS(=O)(=O)N(C1CC1)C1CCOC2(CCNCC2)C1. The van der Waals surface area contributed by atoms with Crippen LogP contribution in [0.4, 0.5) is 0 Å². The van der Waals surface area contributed by atoms with Crippen molar-refractivity contribution in [3.8, 4) is 0 Å². The van der Waals surface area contributed by atoms with Gasteiger partial charge in [0.15, 0.2) is 0 Å². The molecule has 0 aromatic carbocycles. The van der Waals surface area contributed by atoms with E-state index in [2.05, 4.69) is 5.32 Å². The molecule has 1 aliphatic carbocycles. The van der Waals surface area contributed by atoms with Gasteiger partial charge in [0.2, 0.25) is 10.0 Å². The molecular formula is C13H24N2O3S. The summed E-state index contributed by atoms with van der Waals surface area (Å²) in [5.74, 6) is 0. The molecule has 3 fully saturated rings. The summed E-state index contributed by atoms with van der Waals surface area (Å²) in [6.07, 6.45) is 7.14. The van der Waals surface area contributed by atoms with E-state index < -0.39 is 10.0 Å². The standard InChI is InChI=1S/C13H24N2O3S/c1-19(16,17)15(11-2-3-11)12-4-9-18-13(10-12)5-7-14-8-6-13/h11-12,14H,2-10H2,1H3. The molecule has 3 aliphatic rings. The van der Waals surface area contributed by atoms with Crippen LogP contribution in [0.2, 0.25) is 0 Å². The molecule has 0 bridgehead atoms. The number of ether oxygens (including phenoxy) is 1. The summed E-state index contributed by atoms with van der Waals surface area (Å²) in [7, 11) is -3.09. The predicted octanol–water partition coefficient (Wildman–Crippen LogP) is 0.712. The molecule has 0 aromatic heterocycles. The maximum absolute atomic E-state index is 12.1. The predicted molar refractivity (Wildman–Crippen MR) is 73.5 cm³/mol. The zero-order valence-electron chi connectivity index (χ0n) is 11.6. The monoisotopic (exact) mass is 288 g/mol. The second kappa shape index (κ2) is 4.98. The first-order valence-electron chi connectivity index (χ1n) is 7.33. The van der Waals surface area contributed by atoms with Gasteiger partial charge in [0, 0.05) is 18.7 Å². The summed E-state index contributed by atoms with van der Waals surface area (Å²) < 4.78 is 31.9. The first-order valence-corrected chi connectivity index (χ1v) is 9.18. The Labute approximate surface area is 115 Å². The highest BCUT2D eigenvalue weighted by Crippen LogP contribution is 2.40. The van der Waals surface area contributed by atoms with Gasteiger partial charge in [-0.05, 0) is 51.6 Å². The van der Waals surface area contributed by atoms with Gasteiger partial charge in [-0.2, -0.15) is 4.31 Å². The summed E-state index contributed by atoms with van der Waals surface area (Å²) in [4.78, 5) is 0. The molecule has 0 radical (unpaired) electrons. The minimum atomic E-state index is -3.09. The van der Waals surface area contributed by atoms with Crippen molar-refractivity contribution in [3.05, 3.63) is 0 Å². The number of nitrogens with one attached hydrogen (secondary N) is 1. The molecule has 1 atom stereocenters. The van der Waals surface area contributed by atoms with E-state index in [-0.39, 0.29) is 17.7 Å². The van der Waals surface area contributed by atoms with E-state index in [1.54, 1.807) is 4.31 Å². The van der Waals surface area contributed by atoms with Gasteiger partial charge in [-0.15, -0.1) is 0 Å². The number of hydrogen-bond donors (Lipinski definition) is 1. The lowest BCUT2D eigenvalue weighted by atomic mass is 9.83. The molecule has 1 unspecified atom stereocenters. The van der Waals surface area contributed by atoms with Crippen LogP contribution in [-0.2, 0) is 14.8 Å². The first-order chi connectivity index (χ1) is 9.00. The van der Waals surface area contributed by atoms with Crippen LogP contribution in [0.3, 0.4) is 0 Å². The van der Waals surface area contributed by atoms with Gasteiger partial charge in [0.1, 0.15) is 0 Å². The third kappa shape index (κ3) is 2.96. The molecule has 6 heteroatoms. The third-order valence-electron chi connectivity index (χ3n) is 4.63. The lowest BCUT2D eigenvalue weighted by Gasteiger charge is -2.46. The Morgan fingerprint density at radius 1 is 1.16 bits per heavy atom. The Hall–Kier alpha value is -0.170. The van der Waals surface area contributed by atoms with E-state index in [1.807, 2.05) is 0 Å². The van der Waals surface area contributed by atoms with Crippen molar-refractivity contribution in [1.29, 1.82) is 0 Å². The van der Waals surface area contributed by atoms with Gasteiger partial charge < -0.3 is 10.1 Å². The Bertz CT molecular complexity index is 422. The molecular weight excluding hydrogens is 264 g/mol. The van der Waals surface area contributed by atoms with Crippen molar-refractivity contribution >= 4 is 10.0 Å². The van der Waals surface area contributed by atoms with Crippen LogP contribution in [0.5, 0.6) is 0 Å². The van der Waals surface area contributed by atoms with Gasteiger partial charge in [0.05, 0.1) is 11.9 Å². The Morgan fingerprint density at radius 2 is 1.84 bits per heavy atom. The van der Waals surface area contributed by atoms with E-state index in [0.717, 1.165) is 51.6 Å². The summed E-state index contributed by atoms with van der Waals surface area (Å²) >= 11 is 0. The van der Waals surface area contributed by atoms with Crippen LogP contribution in [0.15, 0.2) is 0 Å². The van der Waals surface area contributed by atoms with Crippen molar-refractivity contribution in [1.82, 2.24) is 9.62 Å². The average molecular weight is 288 g/mol. The summed E-state index contributed by atoms with van der Waals surface area (Å²) in [6.45, 7) is 2.66. The van der Waals surface area contributed by atoms with Gasteiger partial charge in [-0.25, -0.2) is 8.42 Å². The van der Waals surface area contributed by atoms with Gasteiger partial charge >= 0.3 is 0 Å². The molecule has 110 valence electrons. The fraction of sp³-hybridized carbons (Fsp3) is 1.00. The topological polar surface area (TPSA) is 58.6 Å². The van der Waals surface area contributed by atoms with Crippen LogP contribution in [0.25, 0.3) is 0 Å². The highest BCUT2D eigenvalue weighted by Gasteiger charge is 2.46. The van der Waals surface area contributed by atoms with Crippen molar-refractivity contribution < 1.29 is 13.2 Å². The highest BCUT2D eigenvalue weighted by molar-refractivity contribution is 7.88. The van der Waals surface area contributed by atoms with E-state index >= 15 is 0 Å². The van der Waals surface area contributed by atoms with E-state index in [4.69, 9.17) is 4.74 Å². The number of hydrogen-bond acceptors (Lipinski definition) is 4. The molecule has 3 rings (SSSR count). The quantitative estimate of drug-likeness (QED) is 0.831.